The first-order valence-corrected chi connectivity index (χ1v) is 10.2. The molecule has 3 aromatic rings. The van der Waals surface area contributed by atoms with E-state index < -0.39 is 0 Å². The van der Waals surface area contributed by atoms with Crippen LogP contribution in [0.5, 0.6) is 0 Å². The number of likely N-dealkylation sites (tertiary alicyclic amines) is 1. The highest BCUT2D eigenvalue weighted by Gasteiger charge is 2.24. The number of aromatic amines is 1. The van der Waals surface area contributed by atoms with Crippen molar-refractivity contribution in [1.82, 2.24) is 14.9 Å². The van der Waals surface area contributed by atoms with Gasteiger partial charge in [-0.1, -0.05) is 12.1 Å². The van der Waals surface area contributed by atoms with Gasteiger partial charge in [-0.05, 0) is 63.6 Å². The van der Waals surface area contributed by atoms with Gasteiger partial charge in [0.15, 0.2) is 0 Å². The molecule has 1 aliphatic heterocycles. The van der Waals surface area contributed by atoms with Crippen molar-refractivity contribution in [3.63, 3.8) is 0 Å². The summed E-state index contributed by atoms with van der Waals surface area (Å²) < 4.78 is 5.68. The molecule has 2 aromatic heterocycles. The van der Waals surface area contributed by atoms with E-state index in [4.69, 9.17) is 9.72 Å². The van der Waals surface area contributed by atoms with Crippen LogP contribution in [0.25, 0.3) is 22.2 Å². The summed E-state index contributed by atoms with van der Waals surface area (Å²) in [5, 5.41) is 10.7. The van der Waals surface area contributed by atoms with E-state index in [1.165, 1.54) is 11.1 Å². The van der Waals surface area contributed by atoms with Crippen LogP contribution in [0.1, 0.15) is 38.1 Å². The Morgan fingerprint density at radius 3 is 2.96 bits per heavy atom. The lowest BCUT2D eigenvalue weighted by atomic mass is 10.1. The number of hydrogen-bond donors (Lipinski definition) is 2. The van der Waals surface area contributed by atoms with Crippen molar-refractivity contribution in [3.8, 4) is 11.3 Å². The normalized spacial score (nSPS) is 17.8. The van der Waals surface area contributed by atoms with Gasteiger partial charge in [0.1, 0.15) is 0 Å². The standard InChI is InChI=1S/C23H29N3O2/c1-16(2)28-15-19-5-3-7-22(24-19)17-8-9-23-18(11-17)12-20(25-23)13-26-10-4-6-21(26)14-27/h3,5,7-9,11-12,16,21,25,27H,4,6,10,13-15H2,1-2H3/t21-/m1/s1. The van der Waals surface area contributed by atoms with E-state index in [0.717, 1.165) is 48.4 Å². The molecule has 4 rings (SSSR count). The number of benzene rings is 1. The SMILES string of the molecule is CC(C)OCc1cccc(-c2ccc3[nH]c(CN4CCC[C@@H]4CO)cc3c2)n1. The third-order valence-electron chi connectivity index (χ3n) is 5.43. The summed E-state index contributed by atoms with van der Waals surface area (Å²) in [5.41, 5.74) is 5.36. The number of aromatic nitrogens is 2. The fourth-order valence-corrected chi connectivity index (χ4v) is 3.94. The van der Waals surface area contributed by atoms with Crippen molar-refractivity contribution in [2.75, 3.05) is 13.2 Å². The topological polar surface area (TPSA) is 61.4 Å². The van der Waals surface area contributed by atoms with E-state index >= 15 is 0 Å². The van der Waals surface area contributed by atoms with Crippen LogP contribution in [0.3, 0.4) is 0 Å². The minimum Gasteiger partial charge on any atom is -0.395 e. The number of ether oxygens (including phenoxy) is 1. The fourth-order valence-electron chi connectivity index (χ4n) is 3.94. The zero-order valence-electron chi connectivity index (χ0n) is 16.7. The molecule has 0 saturated carbocycles. The summed E-state index contributed by atoms with van der Waals surface area (Å²) in [7, 11) is 0. The van der Waals surface area contributed by atoms with Gasteiger partial charge in [-0.2, -0.15) is 0 Å². The van der Waals surface area contributed by atoms with Gasteiger partial charge in [0.2, 0.25) is 0 Å². The predicted molar refractivity (Wildman–Crippen MR) is 112 cm³/mol. The Hall–Kier alpha value is -2.21. The minimum atomic E-state index is 0.195. The molecule has 0 radical (unpaired) electrons. The summed E-state index contributed by atoms with van der Waals surface area (Å²) in [5.74, 6) is 0. The Bertz CT molecular complexity index is 934. The smallest absolute Gasteiger partial charge is 0.0891 e. The maximum Gasteiger partial charge on any atom is 0.0891 e. The molecule has 0 amide bonds. The molecule has 0 aliphatic carbocycles. The van der Waals surface area contributed by atoms with Crippen LogP contribution in [0, 0.1) is 0 Å². The van der Waals surface area contributed by atoms with Crippen molar-refractivity contribution < 1.29 is 9.84 Å². The van der Waals surface area contributed by atoms with Crippen LogP contribution in [-0.2, 0) is 17.9 Å². The van der Waals surface area contributed by atoms with Gasteiger partial charge in [-0.15, -0.1) is 0 Å². The average Bonchev–Trinajstić information content (AvgIpc) is 3.32. The molecule has 5 heteroatoms. The Labute approximate surface area is 166 Å². The molecular formula is C23H29N3O2. The van der Waals surface area contributed by atoms with E-state index in [9.17, 15) is 5.11 Å². The lowest BCUT2D eigenvalue weighted by molar-refractivity contribution is 0.0636. The Kier molecular flexibility index (Phi) is 5.76. The van der Waals surface area contributed by atoms with Gasteiger partial charge in [0.05, 0.1) is 30.7 Å². The first-order valence-electron chi connectivity index (χ1n) is 10.2. The number of hydrogen-bond acceptors (Lipinski definition) is 4. The maximum atomic E-state index is 9.54. The number of rotatable bonds is 7. The summed E-state index contributed by atoms with van der Waals surface area (Å²) in [6, 6.07) is 15.0. The van der Waals surface area contributed by atoms with E-state index in [1.54, 1.807) is 0 Å². The summed E-state index contributed by atoms with van der Waals surface area (Å²) >= 11 is 0. The van der Waals surface area contributed by atoms with Crippen LogP contribution < -0.4 is 0 Å². The molecule has 1 saturated heterocycles. The van der Waals surface area contributed by atoms with Crippen molar-refractivity contribution in [3.05, 3.63) is 53.9 Å². The molecule has 3 heterocycles. The molecule has 1 atom stereocenters. The molecule has 0 unspecified atom stereocenters. The number of aliphatic hydroxyl groups excluding tert-OH is 1. The molecular weight excluding hydrogens is 350 g/mol. The molecule has 2 N–H and O–H groups in total. The maximum absolute atomic E-state index is 9.54. The number of aliphatic hydroxyl groups is 1. The second-order valence-corrected chi connectivity index (χ2v) is 7.92. The van der Waals surface area contributed by atoms with E-state index in [0.29, 0.717) is 12.6 Å². The van der Waals surface area contributed by atoms with Crippen molar-refractivity contribution in [1.29, 1.82) is 0 Å². The highest BCUT2D eigenvalue weighted by atomic mass is 16.5. The first kappa shape index (κ1) is 19.1. The molecule has 1 fully saturated rings. The summed E-state index contributed by atoms with van der Waals surface area (Å²) in [4.78, 5) is 10.7. The van der Waals surface area contributed by atoms with Crippen LogP contribution >= 0.6 is 0 Å². The van der Waals surface area contributed by atoms with Crippen LogP contribution in [0.15, 0.2) is 42.5 Å². The average molecular weight is 380 g/mol. The number of fused-ring (bicyclic) bond motifs is 1. The first-order chi connectivity index (χ1) is 13.6. The molecule has 28 heavy (non-hydrogen) atoms. The molecule has 1 aliphatic rings. The molecule has 0 spiro atoms. The lowest BCUT2D eigenvalue weighted by Crippen LogP contribution is -2.31. The van der Waals surface area contributed by atoms with Gasteiger partial charge in [0.25, 0.3) is 0 Å². The predicted octanol–water partition coefficient (Wildman–Crippen LogP) is 4.11. The van der Waals surface area contributed by atoms with Crippen LogP contribution in [0.4, 0.5) is 0 Å². The molecule has 5 nitrogen and oxygen atoms in total. The van der Waals surface area contributed by atoms with Crippen molar-refractivity contribution in [2.24, 2.45) is 0 Å². The van der Waals surface area contributed by atoms with E-state index in [-0.39, 0.29) is 12.7 Å². The second kappa shape index (κ2) is 8.43. The largest absolute Gasteiger partial charge is 0.395 e. The Morgan fingerprint density at radius 1 is 1.25 bits per heavy atom. The Morgan fingerprint density at radius 2 is 2.14 bits per heavy atom. The fraction of sp³-hybridized carbons (Fsp3) is 0.435. The van der Waals surface area contributed by atoms with Crippen LogP contribution in [-0.4, -0.2) is 45.3 Å². The van der Waals surface area contributed by atoms with E-state index in [2.05, 4.69) is 34.1 Å². The van der Waals surface area contributed by atoms with Crippen molar-refractivity contribution in [2.45, 2.75) is 52.0 Å². The highest BCUT2D eigenvalue weighted by Crippen LogP contribution is 2.26. The molecule has 148 valence electrons. The molecule has 0 bridgehead atoms. The third kappa shape index (κ3) is 4.27. The monoisotopic (exact) mass is 379 g/mol. The number of nitrogens with one attached hydrogen (secondary N) is 1. The second-order valence-electron chi connectivity index (χ2n) is 7.92. The summed E-state index contributed by atoms with van der Waals surface area (Å²) in [6.45, 7) is 6.76. The minimum absolute atomic E-state index is 0.195. The molecule has 1 aromatic carbocycles. The van der Waals surface area contributed by atoms with Gasteiger partial charge >= 0.3 is 0 Å². The highest BCUT2D eigenvalue weighted by molar-refractivity contribution is 5.85. The van der Waals surface area contributed by atoms with Gasteiger partial charge in [-0.25, -0.2) is 0 Å². The number of pyridine rings is 1. The number of H-pyrrole nitrogens is 1. The number of nitrogens with zero attached hydrogens (tertiary/aromatic N) is 2. The Balaban J connectivity index is 1.54. The summed E-state index contributed by atoms with van der Waals surface area (Å²) in [6.07, 6.45) is 2.45. The zero-order chi connectivity index (χ0) is 19.5. The third-order valence-corrected chi connectivity index (χ3v) is 5.43. The van der Waals surface area contributed by atoms with Crippen molar-refractivity contribution >= 4 is 10.9 Å². The zero-order valence-corrected chi connectivity index (χ0v) is 16.7. The van der Waals surface area contributed by atoms with Gasteiger partial charge < -0.3 is 14.8 Å². The van der Waals surface area contributed by atoms with Crippen LogP contribution in [0.2, 0.25) is 0 Å². The van der Waals surface area contributed by atoms with Gasteiger partial charge in [0, 0.05) is 34.7 Å². The quantitative estimate of drug-likeness (QED) is 0.648. The van der Waals surface area contributed by atoms with Gasteiger partial charge in [-0.3, -0.25) is 9.88 Å². The van der Waals surface area contributed by atoms with E-state index in [1.807, 2.05) is 32.0 Å². The lowest BCUT2D eigenvalue weighted by Gasteiger charge is -2.21.